The van der Waals surface area contributed by atoms with E-state index in [0.717, 1.165) is 30.0 Å². The molecule has 0 aliphatic heterocycles. The van der Waals surface area contributed by atoms with Gasteiger partial charge in [0.25, 0.3) is 0 Å². The lowest BCUT2D eigenvalue weighted by Gasteiger charge is -1.96. The molecule has 1 N–H and O–H groups in total. The van der Waals surface area contributed by atoms with E-state index in [4.69, 9.17) is 4.42 Å². The summed E-state index contributed by atoms with van der Waals surface area (Å²) < 4.78 is 5.54. The highest BCUT2D eigenvalue weighted by Gasteiger charge is 2.02. The topological polar surface area (TPSA) is 38.1 Å². The van der Waals surface area contributed by atoms with Crippen LogP contribution >= 0.6 is 0 Å². The number of rotatable bonds is 4. The Hall–Kier alpha value is -1.35. The summed E-state index contributed by atoms with van der Waals surface area (Å²) in [6.07, 6.45) is 1.13. The predicted molar refractivity (Wildman–Crippen MR) is 56.0 cm³/mol. The highest BCUT2D eigenvalue weighted by atomic mass is 16.3. The van der Waals surface area contributed by atoms with E-state index in [9.17, 15) is 0 Å². The Bertz CT molecular complexity index is 375. The summed E-state index contributed by atoms with van der Waals surface area (Å²) in [5.41, 5.74) is 1.79. The maximum absolute atomic E-state index is 5.54. The van der Waals surface area contributed by atoms with Crippen molar-refractivity contribution in [3.63, 3.8) is 0 Å². The Morgan fingerprint density at radius 3 is 3.00 bits per heavy atom. The summed E-state index contributed by atoms with van der Waals surface area (Å²) >= 11 is 0. The van der Waals surface area contributed by atoms with Gasteiger partial charge >= 0.3 is 0 Å². The van der Waals surface area contributed by atoms with E-state index in [1.807, 2.05) is 24.3 Å². The van der Waals surface area contributed by atoms with Crippen LogP contribution in [0.5, 0.6) is 0 Å². The molecule has 0 radical (unpaired) electrons. The molecule has 0 amide bonds. The molecular formula is C11H14N2O. The van der Waals surface area contributed by atoms with E-state index in [2.05, 4.69) is 17.2 Å². The molecule has 1 aromatic heterocycles. The molecule has 2 aromatic rings. The smallest absolute Gasteiger partial charge is 0.209 e. The molecule has 3 heteroatoms. The van der Waals surface area contributed by atoms with Gasteiger partial charge in [0.2, 0.25) is 5.89 Å². The van der Waals surface area contributed by atoms with Gasteiger partial charge in [-0.3, -0.25) is 0 Å². The molecule has 74 valence electrons. The lowest BCUT2D eigenvalue weighted by atomic mass is 10.3. The minimum absolute atomic E-state index is 0.711. The lowest BCUT2D eigenvalue weighted by molar-refractivity contribution is 0.495. The van der Waals surface area contributed by atoms with E-state index in [1.54, 1.807) is 0 Å². The number of benzene rings is 1. The van der Waals surface area contributed by atoms with Crippen LogP contribution in [0.2, 0.25) is 0 Å². The molecule has 0 saturated carbocycles. The van der Waals surface area contributed by atoms with Gasteiger partial charge in [-0.2, -0.15) is 0 Å². The Kier molecular flexibility index (Phi) is 2.79. The molecule has 14 heavy (non-hydrogen) atoms. The average molecular weight is 190 g/mol. The maximum atomic E-state index is 5.54. The van der Waals surface area contributed by atoms with Gasteiger partial charge in [0.1, 0.15) is 5.52 Å². The van der Waals surface area contributed by atoms with Gasteiger partial charge < -0.3 is 9.73 Å². The van der Waals surface area contributed by atoms with Crippen LogP contribution in [0.1, 0.15) is 19.2 Å². The zero-order chi connectivity index (χ0) is 9.80. The van der Waals surface area contributed by atoms with Crippen LogP contribution < -0.4 is 5.32 Å². The van der Waals surface area contributed by atoms with E-state index < -0.39 is 0 Å². The summed E-state index contributed by atoms with van der Waals surface area (Å²) in [6.45, 7) is 3.85. The molecule has 0 atom stereocenters. The molecule has 0 bridgehead atoms. The van der Waals surface area contributed by atoms with Gasteiger partial charge in [-0.15, -0.1) is 0 Å². The normalized spacial score (nSPS) is 10.9. The van der Waals surface area contributed by atoms with Crippen LogP contribution in [-0.2, 0) is 6.54 Å². The van der Waals surface area contributed by atoms with Crippen molar-refractivity contribution in [2.45, 2.75) is 19.9 Å². The second kappa shape index (κ2) is 4.24. The van der Waals surface area contributed by atoms with Crippen LogP contribution in [0.3, 0.4) is 0 Å². The van der Waals surface area contributed by atoms with Crippen LogP contribution in [0.25, 0.3) is 11.1 Å². The number of aromatic nitrogens is 1. The first-order valence-electron chi connectivity index (χ1n) is 4.95. The summed E-state index contributed by atoms with van der Waals surface area (Å²) in [4.78, 5) is 4.36. The molecule has 0 spiro atoms. The fourth-order valence-corrected chi connectivity index (χ4v) is 1.37. The number of hydrogen-bond acceptors (Lipinski definition) is 3. The SMILES string of the molecule is CCCNCc1nc2ccccc2o1. The first kappa shape index (κ1) is 9.21. The number of para-hydroxylation sites is 2. The van der Waals surface area contributed by atoms with Crippen LogP contribution in [0.4, 0.5) is 0 Å². The van der Waals surface area contributed by atoms with Gasteiger partial charge in [0.05, 0.1) is 6.54 Å². The second-order valence-electron chi connectivity index (χ2n) is 3.25. The lowest BCUT2D eigenvalue weighted by Crippen LogP contribution is -2.13. The van der Waals surface area contributed by atoms with Gasteiger partial charge in [-0.1, -0.05) is 19.1 Å². The van der Waals surface area contributed by atoms with E-state index in [-0.39, 0.29) is 0 Å². The minimum Gasteiger partial charge on any atom is -0.439 e. The van der Waals surface area contributed by atoms with E-state index in [1.165, 1.54) is 0 Å². The molecule has 0 unspecified atom stereocenters. The Balaban J connectivity index is 2.11. The molecule has 1 aromatic carbocycles. The summed E-state index contributed by atoms with van der Waals surface area (Å²) in [7, 11) is 0. The number of fused-ring (bicyclic) bond motifs is 1. The molecule has 3 nitrogen and oxygen atoms in total. The molecule has 0 aliphatic carbocycles. The van der Waals surface area contributed by atoms with Crippen LogP contribution in [0.15, 0.2) is 28.7 Å². The predicted octanol–water partition coefficient (Wildman–Crippen LogP) is 2.33. The number of hydrogen-bond donors (Lipinski definition) is 1. The third-order valence-electron chi connectivity index (χ3n) is 2.04. The Morgan fingerprint density at radius 2 is 2.21 bits per heavy atom. The molecular weight excluding hydrogens is 176 g/mol. The van der Waals surface area contributed by atoms with Gasteiger partial charge in [0.15, 0.2) is 5.58 Å². The highest BCUT2D eigenvalue weighted by Crippen LogP contribution is 2.14. The van der Waals surface area contributed by atoms with Crippen molar-refractivity contribution in [1.82, 2.24) is 10.3 Å². The number of nitrogens with one attached hydrogen (secondary N) is 1. The van der Waals surface area contributed by atoms with Crippen molar-refractivity contribution in [3.8, 4) is 0 Å². The van der Waals surface area contributed by atoms with Gasteiger partial charge in [0, 0.05) is 0 Å². The quantitative estimate of drug-likeness (QED) is 0.752. The number of oxazole rings is 1. The van der Waals surface area contributed by atoms with Crippen molar-refractivity contribution in [3.05, 3.63) is 30.2 Å². The van der Waals surface area contributed by atoms with E-state index in [0.29, 0.717) is 6.54 Å². The summed E-state index contributed by atoms with van der Waals surface area (Å²) in [6, 6.07) is 7.82. The van der Waals surface area contributed by atoms with Crippen molar-refractivity contribution >= 4 is 11.1 Å². The fraction of sp³-hybridized carbons (Fsp3) is 0.364. The molecule has 0 aliphatic rings. The first-order valence-corrected chi connectivity index (χ1v) is 4.95. The Morgan fingerprint density at radius 1 is 1.36 bits per heavy atom. The van der Waals surface area contributed by atoms with Gasteiger partial charge in [-0.05, 0) is 25.1 Å². The second-order valence-corrected chi connectivity index (χ2v) is 3.25. The zero-order valence-electron chi connectivity index (χ0n) is 8.29. The summed E-state index contributed by atoms with van der Waals surface area (Å²) in [5, 5.41) is 3.26. The molecule has 2 rings (SSSR count). The number of nitrogens with zero attached hydrogens (tertiary/aromatic N) is 1. The van der Waals surface area contributed by atoms with E-state index >= 15 is 0 Å². The van der Waals surface area contributed by atoms with Crippen molar-refractivity contribution < 1.29 is 4.42 Å². The minimum atomic E-state index is 0.711. The third kappa shape index (κ3) is 1.93. The fourth-order valence-electron chi connectivity index (χ4n) is 1.37. The maximum Gasteiger partial charge on any atom is 0.209 e. The largest absolute Gasteiger partial charge is 0.439 e. The van der Waals surface area contributed by atoms with Crippen molar-refractivity contribution in [2.24, 2.45) is 0 Å². The zero-order valence-corrected chi connectivity index (χ0v) is 8.29. The standard InChI is InChI=1S/C11H14N2O/c1-2-7-12-8-11-13-9-5-3-4-6-10(9)14-11/h3-6,12H,2,7-8H2,1H3. The van der Waals surface area contributed by atoms with Crippen molar-refractivity contribution in [2.75, 3.05) is 6.54 Å². The van der Waals surface area contributed by atoms with Gasteiger partial charge in [-0.25, -0.2) is 4.98 Å². The summed E-state index contributed by atoms with van der Waals surface area (Å²) in [5.74, 6) is 0.764. The highest BCUT2D eigenvalue weighted by molar-refractivity contribution is 5.72. The molecule has 0 saturated heterocycles. The Labute approximate surface area is 83.1 Å². The monoisotopic (exact) mass is 190 g/mol. The first-order chi connectivity index (χ1) is 6.90. The average Bonchev–Trinajstić information content (AvgIpc) is 2.60. The third-order valence-corrected chi connectivity index (χ3v) is 2.04. The van der Waals surface area contributed by atoms with Crippen molar-refractivity contribution in [1.29, 1.82) is 0 Å². The van der Waals surface area contributed by atoms with Crippen LogP contribution in [0, 0.1) is 0 Å². The molecule has 1 heterocycles. The van der Waals surface area contributed by atoms with Crippen LogP contribution in [-0.4, -0.2) is 11.5 Å². The molecule has 0 fully saturated rings.